The van der Waals surface area contributed by atoms with Crippen LogP contribution in [-0.4, -0.2) is 83.2 Å². The molecule has 9 rings (SSSR count). The molecule has 1 aromatic heterocycles. The number of fused-ring (bicyclic) bond motifs is 5. The molecule has 57 heavy (non-hydrogen) atoms. The van der Waals surface area contributed by atoms with E-state index < -0.39 is 67.2 Å². The summed E-state index contributed by atoms with van der Waals surface area (Å²) in [4.78, 5) is 63.7. The summed E-state index contributed by atoms with van der Waals surface area (Å²) in [6, 6.07) is 4.82. The minimum atomic E-state index is -3.98. The number of carbonyl (C=O) groups is 4. The number of amides is 3. The van der Waals surface area contributed by atoms with E-state index in [2.05, 4.69) is 10.0 Å². The van der Waals surface area contributed by atoms with Gasteiger partial charge < -0.3 is 24.4 Å². The molecule has 3 aliphatic heterocycles. The van der Waals surface area contributed by atoms with Crippen LogP contribution < -0.4 is 19.5 Å². The molecule has 0 unspecified atom stereocenters. The van der Waals surface area contributed by atoms with Crippen LogP contribution in [0.25, 0.3) is 10.9 Å². The van der Waals surface area contributed by atoms with Gasteiger partial charge in [0.2, 0.25) is 21.8 Å². The zero-order valence-corrected chi connectivity index (χ0v) is 34.0. The van der Waals surface area contributed by atoms with Crippen LogP contribution in [0.5, 0.6) is 11.5 Å². The Labute approximate surface area is 334 Å². The maximum Gasteiger partial charge on any atom is 0.307 e. The normalized spacial score (nSPS) is 32.0. The first-order valence-corrected chi connectivity index (χ1v) is 22.4. The molecule has 5 fully saturated rings. The van der Waals surface area contributed by atoms with Crippen molar-refractivity contribution in [3.8, 4) is 11.5 Å². The lowest BCUT2D eigenvalue weighted by Crippen LogP contribution is -2.57. The van der Waals surface area contributed by atoms with Gasteiger partial charge in [-0.05, 0) is 109 Å². The predicted molar refractivity (Wildman–Crippen MR) is 210 cm³/mol. The summed E-state index contributed by atoms with van der Waals surface area (Å²) in [6.07, 6.45) is 13.4. The summed E-state index contributed by atoms with van der Waals surface area (Å²) < 4.78 is 46.3. The van der Waals surface area contributed by atoms with E-state index in [1.165, 1.54) is 0 Å². The third-order valence-corrected chi connectivity index (χ3v) is 16.0. The lowest BCUT2D eigenvalue weighted by Gasteiger charge is -2.37. The van der Waals surface area contributed by atoms with Crippen LogP contribution in [0.1, 0.15) is 127 Å². The predicted octanol–water partition coefficient (Wildman–Crippen LogP) is 5.28. The molecule has 5 atom stereocenters. The average molecular weight is 803 g/mol. The van der Waals surface area contributed by atoms with Gasteiger partial charge in [0, 0.05) is 35.1 Å². The van der Waals surface area contributed by atoms with E-state index in [9.17, 15) is 27.6 Å². The van der Waals surface area contributed by atoms with Crippen molar-refractivity contribution in [2.45, 2.75) is 150 Å². The highest BCUT2D eigenvalue weighted by atomic mass is 32.2. The van der Waals surface area contributed by atoms with Crippen LogP contribution in [0.15, 0.2) is 30.4 Å². The number of nitrogens with one attached hydrogen (secondary N) is 2. The number of esters is 1. The van der Waals surface area contributed by atoms with E-state index in [4.69, 9.17) is 19.2 Å². The van der Waals surface area contributed by atoms with Crippen molar-refractivity contribution in [2.75, 3.05) is 13.7 Å². The maximum atomic E-state index is 14.9. The summed E-state index contributed by atoms with van der Waals surface area (Å²) in [5.74, 6) is -1.47. The number of ether oxygens (including phenoxy) is 3. The van der Waals surface area contributed by atoms with Crippen molar-refractivity contribution < 1.29 is 41.8 Å². The van der Waals surface area contributed by atoms with E-state index in [1.807, 2.05) is 37.3 Å². The van der Waals surface area contributed by atoms with E-state index >= 15 is 0 Å². The van der Waals surface area contributed by atoms with Gasteiger partial charge >= 0.3 is 5.97 Å². The Morgan fingerprint density at radius 1 is 1.04 bits per heavy atom. The Morgan fingerprint density at radius 3 is 2.54 bits per heavy atom. The van der Waals surface area contributed by atoms with Crippen molar-refractivity contribution in [3.63, 3.8) is 0 Å². The molecule has 4 saturated carbocycles. The molecule has 2 aromatic rings. The van der Waals surface area contributed by atoms with Crippen molar-refractivity contribution in [1.29, 1.82) is 0 Å². The van der Waals surface area contributed by atoms with Crippen molar-refractivity contribution in [2.24, 2.45) is 11.8 Å². The molecule has 3 amide bonds. The number of methoxy groups -OCH3 is 1. The third kappa shape index (κ3) is 7.18. The molecule has 14 heteroatoms. The number of benzene rings is 1. The zero-order valence-electron chi connectivity index (χ0n) is 33.2. The summed E-state index contributed by atoms with van der Waals surface area (Å²) in [6.45, 7) is 3.63. The fraction of sp³-hybridized carbons (Fsp3) is 0.651. The van der Waals surface area contributed by atoms with Gasteiger partial charge in [-0.25, -0.2) is 13.4 Å². The van der Waals surface area contributed by atoms with Crippen LogP contribution in [0.4, 0.5) is 0 Å². The molecule has 7 aliphatic rings. The van der Waals surface area contributed by atoms with Gasteiger partial charge in [0.1, 0.15) is 34.3 Å². The fourth-order valence-electron chi connectivity index (χ4n) is 9.22. The second kappa shape index (κ2) is 13.7. The second-order valence-corrected chi connectivity index (χ2v) is 20.7. The molecule has 4 heterocycles. The molecule has 1 spiro atoms. The Balaban J connectivity index is 1.06. The number of carbonyl (C=O) groups excluding carboxylic acids is 4. The lowest BCUT2D eigenvalue weighted by molar-refractivity contribution is -0.155. The number of aryl methyl sites for hydroxylation is 1. The first kappa shape index (κ1) is 38.3. The summed E-state index contributed by atoms with van der Waals surface area (Å²) in [5, 5.41) is 3.95. The average Bonchev–Trinajstić information content (AvgIpc) is 4.00. The summed E-state index contributed by atoms with van der Waals surface area (Å²) >= 11 is 0. The van der Waals surface area contributed by atoms with Crippen molar-refractivity contribution in [3.05, 3.63) is 41.6 Å². The second-order valence-electron chi connectivity index (χ2n) is 18.5. The van der Waals surface area contributed by atoms with Crippen molar-refractivity contribution >= 4 is 44.6 Å². The van der Waals surface area contributed by atoms with Crippen LogP contribution in [0.3, 0.4) is 0 Å². The highest BCUT2D eigenvalue weighted by molar-refractivity contribution is 7.91. The standard InChI is InChI=1S/C43H54N4O9S/c1-40(17-18-40)55-34(48)21-27-9-7-5-4-6-8-10-28-23-43(28,39(51)46-57(52,53)41(2)19-20-41)45-37(49)33-24-42(25-47(33)38(27)50)16-15-30-31-22-29(54-3)13-14-32(31)44-35(26-11-12-26)36(30)56-42/h8,10,13-14,22,26-28,33H,4-7,9,11-12,15-21,23-25H2,1-3H3,(H,45,49)(H,46,51)/b10-8-/t27-,28-,33+,42-,43-/m1/s1. The van der Waals surface area contributed by atoms with E-state index in [1.54, 1.807) is 18.9 Å². The van der Waals surface area contributed by atoms with Gasteiger partial charge in [-0.2, -0.15) is 0 Å². The molecule has 0 radical (unpaired) electrons. The fourth-order valence-corrected chi connectivity index (χ4v) is 10.5. The Bertz CT molecular complexity index is 2180. The van der Waals surface area contributed by atoms with Crippen LogP contribution in [0.2, 0.25) is 0 Å². The van der Waals surface area contributed by atoms with Crippen molar-refractivity contribution in [1.82, 2.24) is 19.9 Å². The number of hydrogen-bond donors (Lipinski definition) is 2. The smallest absolute Gasteiger partial charge is 0.307 e. The number of sulfonamides is 1. The van der Waals surface area contributed by atoms with Gasteiger partial charge in [-0.15, -0.1) is 0 Å². The lowest BCUT2D eigenvalue weighted by atomic mass is 9.86. The minimum Gasteiger partial charge on any atom is -0.497 e. The van der Waals surface area contributed by atoms with E-state index in [0.717, 1.165) is 67.1 Å². The number of nitrogens with zero attached hydrogens (tertiary/aromatic N) is 2. The number of hydrogen-bond acceptors (Lipinski definition) is 10. The van der Waals surface area contributed by atoms with Crippen LogP contribution in [-0.2, 0) is 40.4 Å². The van der Waals surface area contributed by atoms with E-state index in [-0.39, 0.29) is 37.6 Å². The van der Waals surface area contributed by atoms with Gasteiger partial charge in [-0.1, -0.05) is 25.0 Å². The van der Waals surface area contributed by atoms with Gasteiger partial charge in [-0.3, -0.25) is 23.9 Å². The SMILES string of the molecule is COc1ccc2nc(C3CC3)c3c(c2c1)CC[C@]1(C[C@H]2C(=O)N[C@]4(C(=O)NS(=O)(=O)C5(C)CC5)C[C@H]4/C=C\CCCCC[C@H](CC(=O)OC4(C)CC4)C(=O)N2C1)O3. The Hall–Kier alpha value is -4.20. The quantitative estimate of drug-likeness (QED) is 0.265. The monoisotopic (exact) mass is 802 g/mol. The molecule has 4 aliphatic carbocycles. The minimum absolute atomic E-state index is 0.0928. The zero-order chi connectivity index (χ0) is 40.0. The Kier molecular flexibility index (Phi) is 9.21. The number of allylic oxidation sites excluding steroid dienone is 1. The highest BCUT2D eigenvalue weighted by Gasteiger charge is 2.64. The number of aromatic nitrogens is 1. The summed E-state index contributed by atoms with van der Waals surface area (Å²) in [7, 11) is -2.35. The number of pyridine rings is 1. The highest BCUT2D eigenvalue weighted by Crippen LogP contribution is 2.52. The molecule has 1 aromatic carbocycles. The van der Waals surface area contributed by atoms with Crippen LogP contribution in [0, 0.1) is 11.8 Å². The van der Waals surface area contributed by atoms with E-state index in [0.29, 0.717) is 50.0 Å². The van der Waals surface area contributed by atoms with Gasteiger partial charge in [0.15, 0.2) is 0 Å². The molecule has 1 saturated heterocycles. The van der Waals surface area contributed by atoms with Crippen LogP contribution >= 0.6 is 0 Å². The molecule has 13 nitrogen and oxygen atoms in total. The third-order valence-electron chi connectivity index (χ3n) is 13.8. The molecule has 0 bridgehead atoms. The molecule has 306 valence electrons. The summed E-state index contributed by atoms with van der Waals surface area (Å²) in [5.41, 5.74) is -0.117. The Morgan fingerprint density at radius 2 is 1.82 bits per heavy atom. The topological polar surface area (TPSA) is 170 Å². The molecule has 2 N–H and O–H groups in total. The largest absolute Gasteiger partial charge is 0.497 e. The van der Waals surface area contributed by atoms with Gasteiger partial charge in [0.05, 0.1) is 36.0 Å². The maximum absolute atomic E-state index is 14.9. The first-order chi connectivity index (χ1) is 27.2. The number of rotatable bonds is 8. The first-order valence-electron chi connectivity index (χ1n) is 20.9. The van der Waals surface area contributed by atoms with Gasteiger partial charge in [0.25, 0.3) is 5.91 Å². The molecular formula is C43H54N4O9S. The molecular weight excluding hydrogens is 749 g/mol.